The quantitative estimate of drug-likeness (QED) is 0.593. The number of alkyl halides is 1. The first-order chi connectivity index (χ1) is 6.25. The van der Waals surface area contributed by atoms with Gasteiger partial charge in [0.1, 0.15) is 17.1 Å². The van der Waals surface area contributed by atoms with E-state index in [2.05, 4.69) is 27.8 Å². The summed E-state index contributed by atoms with van der Waals surface area (Å²) in [7, 11) is 0. The fourth-order valence-corrected chi connectivity index (χ4v) is 1.03. The van der Waals surface area contributed by atoms with Gasteiger partial charge in [0, 0.05) is 11.8 Å². The molecule has 1 nitrogen and oxygen atoms in total. The van der Waals surface area contributed by atoms with Crippen molar-refractivity contribution in [3.8, 4) is 17.6 Å². The van der Waals surface area contributed by atoms with E-state index in [1.807, 2.05) is 0 Å². The predicted octanol–water partition coefficient (Wildman–Crippen LogP) is 2.67. The van der Waals surface area contributed by atoms with Gasteiger partial charge >= 0.3 is 0 Å². The smallest absolute Gasteiger partial charge is 0.142 e. The zero-order valence-corrected chi connectivity index (χ0v) is 8.44. The van der Waals surface area contributed by atoms with E-state index >= 15 is 0 Å². The molecule has 1 aromatic carbocycles. The summed E-state index contributed by atoms with van der Waals surface area (Å²) in [6.45, 7) is 0. The van der Waals surface area contributed by atoms with Gasteiger partial charge in [-0.05, 0) is 12.1 Å². The molecule has 13 heavy (non-hydrogen) atoms. The molecular weight excluding hydrogens is 235 g/mol. The van der Waals surface area contributed by atoms with Crippen LogP contribution in [0.25, 0.3) is 0 Å². The largest absolute Gasteiger partial charge is 0.507 e. The Morgan fingerprint density at radius 3 is 2.85 bits per heavy atom. The van der Waals surface area contributed by atoms with Gasteiger partial charge in [0.2, 0.25) is 0 Å². The average Bonchev–Trinajstić information content (AvgIpc) is 2.10. The molecule has 0 aliphatic heterocycles. The van der Waals surface area contributed by atoms with Crippen molar-refractivity contribution < 1.29 is 9.50 Å². The Balaban J connectivity index is 2.95. The van der Waals surface area contributed by atoms with E-state index in [4.69, 9.17) is 0 Å². The van der Waals surface area contributed by atoms with Gasteiger partial charge in [0.05, 0.1) is 0 Å². The normalized spacial score (nSPS) is 9.08. The minimum atomic E-state index is -0.484. The van der Waals surface area contributed by atoms with Crippen LogP contribution in [-0.4, -0.2) is 10.4 Å². The number of hydrogen-bond acceptors (Lipinski definition) is 1. The Morgan fingerprint density at radius 2 is 2.23 bits per heavy atom. The van der Waals surface area contributed by atoms with Crippen LogP contribution in [0.5, 0.6) is 5.75 Å². The van der Waals surface area contributed by atoms with Crippen molar-refractivity contribution in [2.75, 3.05) is 5.33 Å². The highest BCUT2D eigenvalue weighted by Gasteiger charge is 2.02. The Hall–Kier alpha value is -1.01. The molecule has 0 spiro atoms. The third-order valence-electron chi connectivity index (χ3n) is 1.42. The maximum Gasteiger partial charge on any atom is 0.142 e. The zero-order chi connectivity index (χ0) is 9.68. The number of aromatic hydroxyl groups is 1. The second-order valence-corrected chi connectivity index (χ2v) is 3.17. The van der Waals surface area contributed by atoms with E-state index in [-0.39, 0.29) is 11.3 Å². The molecule has 0 aromatic heterocycles. The van der Waals surface area contributed by atoms with E-state index in [0.717, 1.165) is 5.33 Å². The van der Waals surface area contributed by atoms with Crippen LogP contribution in [0, 0.1) is 17.7 Å². The Kier molecular flexibility index (Phi) is 3.78. The van der Waals surface area contributed by atoms with Crippen molar-refractivity contribution in [3.05, 3.63) is 29.6 Å². The van der Waals surface area contributed by atoms with Crippen molar-refractivity contribution >= 4 is 15.9 Å². The van der Waals surface area contributed by atoms with Crippen LogP contribution in [0.15, 0.2) is 18.2 Å². The number of phenols is 1. The fraction of sp³-hybridized carbons (Fsp3) is 0.200. The van der Waals surface area contributed by atoms with E-state index in [0.29, 0.717) is 6.42 Å². The summed E-state index contributed by atoms with van der Waals surface area (Å²) >= 11 is 3.20. The van der Waals surface area contributed by atoms with Gasteiger partial charge in [-0.15, -0.1) is 0 Å². The lowest BCUT2D eigenvalue weighted by Gasteiger charge is -1.96. The number of phenolic OH excluding ortho intramolecular Hbond substituents is 1. The summed E-state index contributed by atoms with van der Waals surface area (Å²) in [5.41, 5.74) is 0.0726. The average molecular weight is 243 g/mol. The lowest BCUT2D eigenvalue weighted by molar-refractivity contribution is 0.467. The van der Waals surface area contributed by atoms with Gasteiger partial charge < -0.3 is 5.11 Å². The Labute approximate surface area is 84.7 Å². The molecule has 0 heterocycles. The monoisotopic (exact) mass is 242 g/mol. The van der Waals surface area contributed by atoms with Gasteiger partial charge in [-0.25, -0.2) is 4.39 Å². The topological polar surface area (TPSA) is 20.2 Å². The Bertz CT molecular complexity index is 331. The second-order valence-electron chi connectivity index (χ2n) is 2.37. The van der Waals surface area contributed by atoms with Gasteiger partial charge in [-0.2, -0.15) is 0 Å². The van der Waals surface area contributed by atoms with Crippen LogP contribution >= 0.6 is 15.9 Å². The summed E-state index contributed by atoms with van der Waals surface area (Å²) in [5.74, 6) is 4.72. The third kappa shape index (κ3) is 2.74. The molecule has 0 amide bonds. The lowest BCUT2D eigenvalue weighted by atomic mass is 10.2. The van der Waals surface area contributed by atoms with E-state index in [1.54, 1.807) is 0 Å². The molecule has 0 unspecified atom stereocenters. The summed E-state index contributed by atoms with van der Waals surface area (Å²) in [4.78, 5) is 0. The molecular formula is C10H8BrFO. The maximum absolute atomic E-state index is 13.0. The first kappa shape index (κ1) is 10.1. The summed E-state index contributed by atoms with van der Waals surface area (Å²) < 4.78 is 13.0. The molecule has 3 heteroatoms. The van der Waals surface area contributed by atoms with E-state index < -0.39 is 5.82 Å². The minimum Gasteiger partial charge on any atom is -0.507 e. The molecule has 0 fully saturated rings. The molecule has 1 aromatic rings. The molecule has 1 rings (SSSR count). The maximum atomic E-state index is 13.0. The van der Waals surface area contributed by atoms with Crippen LogP contribution in [0.2, 0.25) is 0 Å². The first-order valence-electron chi connectivity index (χ1n) is 3.78. The molecule has 0 bridgehead atoms. The van der Waals surface area contributed by atoms with Crippen LogP contribution in [0.4, 0.5) is 4.39 Å². The van der Waals surface area contributed by atoms with Crippen molar-refractivity contribution in [2.24, 2.45) is 0 Å². The van der Waals surface area contributed by atoms with Crippen molar-refractivity contribution in [1.82, 2.24) is 0 Å². The van der Waals surface area contributed by atoms with Crippen LogP contribution in [-0.2, 0) is 0 Å². The molecule has 0 saturated carbocycles. The van der Waals surface area contributed by atoms with Gasteiger partial charge in [0.25, 0.3) is 0 Å². The summed E-state index contributed by atoms with van der Waals surface area (Å²) in [5, 5.41) is 9.98. The molecule has 0 radical (unpaired) electrons. The molecule has 1 N–H and O–H groups in total. The van der Waals surface area contributed by atoms with E-state index in [9.17, 15) is 9.50 Å². The summed E-state index contributed by atoms with van der Waals surface area (Å²) in [6.07, 6.45) is 0.633. The first-order valence-corrected chi connectivity index (χ1v) is 4.90. The standard InChI is InChI=1S/C10H8BrFO/c11-7-2-1-4-8-9(12)5-3-6-10(8)13/h3,5-6,13H,2,7H2. The van der Waals surface area contributed by atoms with E-state index in [1.165, 1.54) is 18.2 Å². The van der Waals surface area contributed by atoms with Gasteiger partial charge in [-0.1, -0.05) is 33.8 Å². The SMILES string of the molecule is Oc1cccc(F)c1C#CCCBr. The molecule has 0 aliphatic carbocycles. The third-order valence-corrected chi connectivity index (χ3v) is 1.82. The van der Waals surface area contributed by atoms with Crippen LogP contribution in [0.1, 0.15) is 12.0 Å². The number of halogens is 2. The lowest BCUT2D eigenvalue weighted by Crippen LogP contribution is -1.83. The van der Waals surface area contributed by atoms with Crippen LogP contribution in [0.3, 0.4) is 0 Å². The van der Waals surface area contributed by atoms with Gasteiger partial charge in [-0.3, -0.25) is 0 Å². The molecule has 0 saturated heterocycles. The van der Waals surface area contributed by atoms with Gasteiger partial charge in [0.15, 0.2) is 0 Å². The highest BCUT2D eigenvalue weighted by atomic mass is 79.9. The number of hydrogen-bond donors (Lipinski definition) is 1. The molecule has 68 valence electrons. The molecule has 0 atom stereocenters. The van der Waals surface area contributed by atoms with Crippen molar-refractivity contribution in [1.29, 1.82) is 0 Å². The summed E-state index contributed by atoms with van der Waals surface area (Å²) in [6, 6.07) is 4.14. The predicted molar refractivity (Wildman–Crippen MR) is 53.4 cm³/mol. The highest BCUT2D eigenvalue weighted by Crippen LogP contribution is 2.17. The highest BCUT2D eigenvalue weighted by molar-refractivity contribution is 9.09. The van der Waals surface area contributed by atoms with Crippen LogP contribution < -0.4 is 0 Å². The fourth-order valence-electron chi connectivity index (χ4n) is 0.835. The number of rotatable bonds is 1. The van der Waals surface area contributed by atoms with Crippen molar-refractivity contribution in [2.45, 2.75) is 6.42 Å². The Morgan fingerprint density at radius 1 is 1.46 bits per heavy atom. The number of benzene rings is 1. The molecule has 0 aliphatic rings. The minimum absolute atomic E-state index is 0.0726. The zero-order valence-electron chi connectivity index (χ0n) is 6.85. The van der Waals surface area contributed by atoms with Crippen molar-refractivity contribution in [3.63, 3.8) is 0 Å². The second kappa shape index (κ2) is 4.88.